The van der Waals surface area contributed by atoms with Gasteiger partial charge in [-0.25, -0.2) is 0 Å². The summed E-state index contributed by atoms with van der Waals surface area (Å²) < 4.78 is 5.50. The molecule has 0 bridgehead atoms. The molecule has 2 aromatic carbocycles. The van der Waals surface area contributed by atoms with Crippen molar-refractivity contribution in [3.05, 3.63) is 59.5 Å². The van der Waals surface area contributed by atoms with E-state index in [2.05, 4.69) is 60.4 Å². The summed E-state index contributed by atoms with van der Waals surface area (Å²) in [5.41, 5.74) is 5.86. The monoisotopic (exact) mass is 264 g/mol. The van der Waals surface area contributed by atoms with Gasteiger partial charge in [0.2, 0.25) is 11.8 Å². The van der Waals surface area contributed by atoms with Crippen molar-refractivity contribution in [1.29, 1.82) is 0 Å². The summed E-state index contributed by atoms with van der Waals surface area (Å²) in [6.07, 6.45) is 0. The molecule has 0 spiro atoms. The maximum Gasteiger partial charge on any atom is 0.247 e. The molecule has 0 aliphatic carbocycles. The Kier molecular flexibility index (Phi) is 3.11. The van der Waals surface area contributed by atoms with Gasteiger partial charge in [-0.1, -0.05) is 36.4 Å². The third-order valence-electron chi connectivity index (χ3n) is 3.44. The predicted octanol–water partition coefficient (Wildman–Crippen LogP) is 4.33. The first-order valence-electron chi connectivity index (χ1n) is 6.62. The number of nitrogens with zero attached hydrogens (tertiary/aromatic N) is 2. The van der Waals surface area contributed by atoms with E-state index in [1.165, 1.54) is 16.7 Å². The maximum absolute atomic E-state index is 5.50. The van der Waals surface area contributed by atoms with Crippen LogP contribution in [-0.2, 0) is 0 Å². The zero-order chi connectivity index (χ0) is 14.1. The lowest BCUT2D eigenvalue weighted by Gasteiger charge is -2.08. The number of hydrogen-bond acceptors (Lipinski definition) is 3. The van der Waals surface area contributed by atoms with E-state index < -0.39 is 0 Å². The van der Waals surface area contributed by atoms with Crippen LogP contribution in [0.4, 0.5) is 0 Å². The number of hydrogen-bond donors (Lipinski definition) is 0. The molecule has 0 unspecified atom stereocenters. The molecule has 0 aliphatic heterocycles. The van der Waals surface area contributed by atoms with Gasteiger partial charge in [-0.2, -0.15) is 0 Å². The molecule has 3 nitrogen and oxygen atoms in total. The van der Waals surface area contributed by atoms with E-state index in [1.54, 1.807) is 6.92 Å². The standard InChI is InChI=1S/C17H16N2O/c1-11-6-4-5-7-15(11)14-8-9-16(12(2)10-14)17-19-18-13(3)20-17/h4-10H,1-3H3. The summed E-state index contributed by atoms with van der Waals surface area (Å²) in [6.45, 7) is 5.99. The van der Waals surface area contributed by atoms with Crippen LogP contribution >= 0.6 is 0 Å². The van der Waals surface area contributed by atoms with Crippen LogP contribution in [0.5, 0.6) is 0 Å². The second kappa shape index (κ2) is 4.93. The van der Waals surface area contributed by atoms with Gasteiger partial charge in [0.05, 0.1) is 0 Å². The van der Waals surface area contributed by atoms with Gasteiger partial charge in [0.15, 0.2) is 0 Å². The summed E-state index contributed by atoms with van der Waals surface area (Å²) in [4.78, 5) is 0. The highest BCUT2D eigenvalue weighted by Crippen LogP contribution is 2.29. The van der Waals surface area contributed by atoms with Crippen molar-refractivity contribution in [1.82, 2.24) is 10.2 Å². The predicted molar refractivity (Wildman–Crippen MR) is 79.4 cm³/mol. The van der Waals surface area contributed by atoms with Gasteiger partial charge in [-0.15, -0.1) is 10.2 Å². The van der Waals surface area contributed by atoms with Gasteiger partial charge in [0.1, 0.15) is 0 Å². The lowest BCUT2D eigenvalue weighted by atomic mass is 9.97. The first kappa shape index (κ1) is 12.6. The molecule has 0 saturated heterocycles. The molecule has 0 atom stereocenters. The van der Waals surface area contributed by atoms with Crippen LogP contribution in [0.25, 0.3) is 22.6 Å². The molecule has 1 heterocycles. The van der Waals surface area contributed by atoms with Crippen LogP contribution in [0.2, 0.25) is 0 Å². The third kappa shape index (κ3) is 2.23. The first-order chi connectivity index (χ1) is 9.65. The lowest BCUT2D eigenvalue weighted by molar-refractivity contribution is 0.532. The molecule has 100 valence electrons. The smallest absolute Gasteiger partial charge is 0.247 e. The van der Waals surface area contributed by atoms with E-state index in [4.69, 9.17) is 4.42 Å². The number of aryl methyl sites for hydroxylation is 3. The number of benzene rings is 2. The molecular formula is C17H16N2O. The van der Waals surface area contributed by atoms with Crippen molar-refractivity contribution in [3.8, 4) is 22.6 Å². The second-order valence-corrected chi connectivity index (χ2v) is 4.97. The highest BCUT2D eigenvalue weighted by atomic mass is 16.4. The zero-order valence-electron chi connectivity index (χ0n) is 11.8. The number of aromatic nitrogens is 2. The molecule has 0 radical (unpaired) electrons. The Morgan fingerprint density at radius 1 is 0.800 bits per heavy atom. The van der Waals surface area contributed by atoms with E-state index in [-0.39, 0.29) is 0 Å². The molecule has 20 heavy (non-hydrogen) atoms. The molecule has 0 aliphatic rings. The van der Waals surface area contributed by atoms with Crippen molar-refractivity contribution in [2.24, 2.45) is 0 Å². The molecule has 0 fully saturated rings. The van der Waals surface area contributed by atoms with E-state index in [1.807, 2.05) is 6.07 Å². The molecule has 1 aromatic heterocycles. The van der Waals surface area contributed by atoms with E-state index in [0.29, 0.717) is 11.8 Å². The van der Waals surface area contributed by atoms with Gasteiger partial charge < -0.3 is 4.42 Å². The Balaban J connectivity index is 2.06. The Morgan fingerprint density at radius 2 is 1.60 bits per heavy atom. The maximum atomic E-state index is 5.50. The van der Waals surface area contributed by atoms with Crippen molar-refractivity contribution in [2.75, 3.05) is 0 Å². The van der Waals surface area contributed by atoms with E-state index in [9.17, 15) is 0 Å². The molecule has 0 saturated carbocycles. The summed E-state index contributed by atoms with van der Waals surface area (Å²) >= 11 is 0. The largest absolute Gasteiger partial charge is 0.421 e. The van der Waals surface area contributed by atoms with Crippen molar-refractivity contribution >= 4 is 0 Å². The number of rotatable bonds is 2. The van der Waals surface area contributed by atoms with Gasteiger partial charge in [-0.3, -0.25) is 0 Å². The van der Waals surface area contributed by atoms with Crippen LogP contribution in [0, 0.1) is 20.8 Å². The van der Waals surface area contributed by atoms with Crippen LogP contribution in [0.1, 0.15) is 17.0 Å². The van der Waals surface area contributed by atoms with Crippen molar-refractivity contribution < 1.29 is 4.42 Å². The highest BCUT2D eigenvalue weighted by Gasteiger charge is 2.10. The van der Waals surface area contributed by atoms with Crippen LogP contribution in [0.3, 0.4) is 0 Å². The average Bonchev–Trinajstić information content (AvgIpc) is 2.85. The van der Waals surface area contributed by atoms with E-state index >= 15 is 0 Å². The highest BCUT2D eigenvalue weighted by molar-refractivity contribution is 5.72. The first-order valence-corrected chi connectivity index (χ1v) is 6.62. The minimum atomic E-state index is 0.580. The Labute approximate surface area is 118 Å². The molecule has 0 amide bonds. The molecule has 3 heteroatoms. The van der Waals surface area contributed by atoms with E-state index in [0.717, 1.165) is 11.1 Å². The fourth-order valence-corrected chi connectivity index (χ4v) is 2.37. The minimum absolute atomic E-state index is 0.580. The minimum Gasteiger partial charge on any atom is -0.421 e. The normalized spacial score (nSPS) is 10.8. The average molecular weight is 264 g/mol. The molecule has 0 N–H and O–H groups in total. The topological polar surface area (TPSA) is 38.9 Å². The quantitative estimate of drug-likeness (QED) is 0.691. The second-order valence-electron chi connectivity index (χ2n) is 4.97. The van der Waals surface area contributed by atoms with Gasteiger partial charge in [-0.05, 0) is 42.2 Å². The summed E-state index contributed by atoms with van der Waals surface area (Å²) in [6, 6.07) is 14.7. The van der Waals surface area contributed by atoms with Crippen LogP contribution < -0.4 is 0 Å². The fraction of sp³-hybridized carbons (Fsp3) is 0.176. The Hall–Kier alpha value is -2.42. The summed E-state index contributed by atoms with van der Waals surface area (Å²) in [7, 11) is 0. The van der Waals surface area contributed by atoms with Crippen molar-refractivity contribution in [2.45, 2.75) is 20.8 Å². The fourth-order valence-electron chi connectivity index (χ4n) is 2.37. The van der Waals surface area contributed by atoms with Gasteiger partial charge >= 0.3 is 0 Å². The van der Waals surface area contributed by atoms with Crippen LogP contribution in [0.15, 0.2) is 46.9 Å². The third-order valence-corrected chi connectivity index (χ3v) is 3.44. The molecule has 3 aromatic rings. The van der Waals surface area contributed by atoms with Crippen molar-refractivity contribution in [3.63, 3.8) is 0 Å². The Morgan fingerprint density at radius 3 is 2.25 bits per heavy atom. The molecular weight excluding hydrogens is 248 g/mol. The van der Waals surface area contributed by atoms with Gasteiger partial charge in [0, 0.05) is 12.5 Å². The Bertz CT molecular complexity index is 759. The lowest BCUT2D eigenvalue weighted by Crippen LogP contribution is -1.87. The summed E-state index contributed by atoms with van der Waals surface area (Å²) in [5, 5.41) is 7.96. The van der Waals surface area contributed by atoms with Gasteiger partial charge in [0.25, 0.3) is 0 Å². The van der Waals surface area contributed by atoms with Crippen LogP contribution in [-0.4, -0.2) is 10.2 Å². The zero-order valence-corrected chi connectivity index (χ0v) is 11.8. The SMILES string of the molecule is Cc1nnc(-c2ccc(-c3ccccc3C)cc2C)o1. The summed E-state index contributed by atoms with van der Waals surface area (Å²) in [5.74, 6) is 1.17. The molecule has 3 rings (SSSR count).